The smallest absolute Gasteiger partial charge is 0.239 e. The lowest BCUT2D eigenvalue weighted by Gasteiger charge is -2.14. The first-order valence-electron chi connectivity index (χ1n) is 6.45. The normalized spacial score (nSPS) is 15.7. The van der Waals surface area contributed by atoms with E-state index in [9.17, 15) is 4.79 Å². The van der Waals surface area contributed by atoms with Crippen LogP contribution in [0.15, 0.2) is 18.2 Å². The zero-order valence-electron chi connectivity index (χ0n) is 10.6. The molecule has 1 amide bonds. The van der Waals surface area contributed by atoms with E-state index < -0.39 is 0 Å². The Morgan fingerprint density at radius 3 is 2.83 bits per heavy atom. The molecule has 0 atom stereocenters. The number of amides is 1. The van der Waals surface area contributed by atoms with Crippen LogP contribution in [0.5, 0.6) is 0 Å². The summed E-state index contributed by atoms with van der Waals surface area (Å²) in [6.07, 6.45) is 4.68. The fourth-order valence-electron chi connectivity index (χ4n) is 2.32. The summed E-state index contributed by atoms with van der Waals surface area (Å²) in [5.41, 5.74) is 1.90. The first kappa shape index (κ1) is 13.2. The lowest BCUT2D eigenvalue weighted by atomic mass is 10.2. The van der Waals surface area contributed by atoms with Crippen LogP contribution in [0.1, 0.15) is 31.2 Å². The van der Waals surface area contributed by atoms with Crippen molar-refractivity contribution in [2.75, 3.05) is 11.9 Å². The highest BCUT2D eigenvalue weighted by Crippen LogP contribution is 2.22. The molecule has 0 aliphatic heterocycles. The monoisotopic (exact) mass is 266 g/mol. The van der Waals surface area contributed by atoms with E-state index in [1.807, 2.05) is 25.1 Å². The second-order valence-corrected chi connectivity index (χ2v) is 5.22. The van der Waals surface area contributed by atoms with E-state index in [1.165, 1.54) is 12.8 Å². The van der Waals surface area contributed by atoms with Gasteiger partial charge in [-0.1, -0.05) is 30.5 Å². The van der Waals surface area contributed by atoms with Crippen LogP contribution in [0.2, 0.25) is 5.02 Å². The molecule has 0 unspecified atom stereocenters. The molecule has 98 valence electrons. The third-order valence-corrected chi connectivity index (χ3v) is 3.84. The lowest BCUT2D eigenvalue weighted by Crippen LogP contribution is -2.36. The number of carbonyl (C=O) groups is 1. The van der Waals surface area contributed by atoms with Gasteiger partial charge in [0.15, 0.2) is 0 Å². The number of halogens is 1. The van der Waals surface area contributed by atoms with Crippen LogP contribution in [0.4, 0.5) is 5.69 Å². The molecule has 3 nitrogen and oxygen atoms in total. The summed E-state index contributed by atoms with van der Waals surface area (Å²) in [5, 5.41) is 6.90. The van der Waals surface area contributed by atoms with Crippen LogP contribution in [-0.4, -0.2) is 18.5 Å². The van der Waals surface area contributed by atoms with E-state index >= 15 is 0 Å². The van der Waals surface area contributed by atoms with E-state index in [-0.39, 0.29) is 5.91 Å². The number of nitrogens with one attached hydrogen (secondary N) is 2. The zero-order chi connectivity index (χ0) is 13.0. The molecule has 4 heteroatoms. The molecule has 0 bridgehead atoms. The summed E-state index contributed by atoms with van der Waals surface area (Å²) in [4.78, 5) is 11.8. The fourth-order valence-corrected chi connectivity index (χ4v) is 2.50. The predicted molar refractivity (Wildman–Crippen MR) is 75.1 cm³/mol. The van der Waals surface area contributed by atoms with E-state index in [4.69, 9.17) is 11.6 Å². The molecule has 0 radical (unpaired) electrons. The molecule has 1 saturated carbocycles. The average Bonchev–Trinajstić information content (AvgIpc) is 2.84. The SMILES string of the molecule is Cc1c(Cl)cccc1NCC(=O)NC1CCCC1. The first-order valence-corrected chi connectivity index (χ1v) is 6.83. The number of anilines is 1. The van der Waals surface area contributed by atoms with Crippen LogP contribution in [0.25, 0.3) is 0 Å². The van der Waals surface area contributed by atoms with Crippen molar-refractivity contribution in [2.24, 2.45) is 0 Å². The maximum atomic E-state index is 11.8. The van der Waals surface area contributed by atoms with Crippen molar-refractivity contribution >= 4 is 23.2 Å². The fraction of sp³-hybridized carbons (Fsp3) is 0.500. The van der Waals surface area contributed by atoms with E-state index in [2.05, 4.69) is 10.6 Å². The van der Waals surface area contributed by atoms with Crippen molar-refractivity contribution < 1.29 is 4.79 Å². The molecule has 1 aliphatic carbocycles. The maximum Gasteiger partial charge on any atom is 0.239 e. The van der Waals surface area contributed by atoms with Gasteiger partial charge in [-0.2, -0.15) is 0 Å². The van der Waals surface area contributed by atoms with Gasteiger partial charge in [0.1, 0.15) is 0 Å². The molecule has 18 heavy (non-hydrogen) atoms. The Hall–Kier alpha value is -1.22. The van der Waals surface area contributed by atoms with Gasteiger partial charge < -0.3 is 10.6 Å². The van der Waals surface area contributed by atoms with Crippen molar-refractivity contribution in [2.45, 2.75) is 38.6 Å². The van der Waals surface area contributed by atoms with Crippen LogP contribution >= 0.6 is 11.6 Å². The molecule has 2 rings (SSSR count). The second-order valence-electron chi connectivity index (χ2n) is 4.81. The topological polar surface area (TPSA) is 41.1 Å². The Bertz CT molecular complexity index is 428. The number of hydrogen-bond acceptors (Lipinski definition) is 2. The molecule has 2 N–H and O–H groups in total. The summed E-state index contributed by atoms with van der Waals surface area (Å²) >= 11 is 6.03. The molecule has 1 fully saturated rings. The average molecular weight is 267 g/mol. The highest BCUT2D eigenvalue weighted by Gasteiger charge is 2.16. The molecular formula is C14H19ClN2O. The number of hydrogen-bond donors (Lipinski definition) is 2. The van der Waals surface area contributed by atoms with Crippen LogP contribution in [0, 0.1) is 6.92 Å². The Morgan fingerprint density at radius 1 is 1.39 bits per heavy atom. The minimum absolute atomic E-state index is 0.0567. The van der Waals surface area contributed by atoms with Gasteiger partial charge in [-0.25, -0.2) is 0 Å². The molecule has 0 heterocycles. The molecule has 1 aromatic carbocycles. The van der Waals surface area contributed by atoms with E-state index in [0.29, 0.717) is 12.6 Å². The summed E-state index contributed by atoms with van der Waals surface area (Å²) in [5.74, 6) is 0.0567. The first-order chi connectivity index (χ1) is 8.66. The maximum absolute atomic E-state index is 11.8. The Labute approximate surface area is 113 Å². The van der Waals surface area contributed by atoms with Crippen molar-refractivity contribution in [1.29, 1.82) is 0 Å². The highest BCUT2D eigenvalue weighted by atomic mass is 35.5. The van der Waals surface area contributed by atoms with Crippen molar-refractivity contribution in [3.63, 3.8) is 0 Å². The van der Waals surface area contributed by atoms with Gasteiger partial charge in [-0.05, 0) is 37.5 Å². The zero-order valence-corrected chi connectivity index (χ0v) is 11.4. The summed E-state index contributed by atoms with van der Waals surface area (Å²) in [7, 11) is 0. The van der Waals surface area contributed by atoms with E-state index in [0.717, 1.165) is 29.1 Å². The van der Waals surface area contributed by atoms with Crippen molar-refractivity contribution in [3.8, 4) is 0 Å². The Morgan fingerprint density at radius 2 is 2.11 bits per heavy atom. The van der Waals surface area contributed by atoms with Gasteiger partial charge in [0.25, 0.3) is 0 Å². The quantitative estimate of drug-likeness (QED) is 0.879. The number of rotatable bonds is 4. The molecule has 0 saturated heterocycles. The highest BCUT2D eigenvalue weighted by molar-refractivity contribution is 6.31. The molecule has 0 spiro atoms. The minimum atomic E-state index is 0.0567. The third kappa shape index (κ3) is 3.39. The van der Waals surface area contributed by atoms with Gasteiger partial charge in [0, 0.05) is 16.8 Å². The summed E-state index contributed by atoms with van der Waals surface area (Å²) < 4.78 is 0. The van der Waals surface area contributed by atoms with Gasteiger partial charge in [-0.3, -0.25) is 4.79 Å². The van der Waals surface area contributed by atoms with Crippen LogP contribution in [0.3, 0.4) is 0 Å². The number of benzene rings is 1. The number of carbonyl (C=O) groups excluding carboxylic acids is 1. The van der Waals surface area contributed by atoms with Gasteiger partial charge >= 0.3 is 0 Å². The molecule has 1 aliphatic rings. The third-order valence-electron chi connectivity index (χ3n) is 3.43. The summed E-state index contributed by atoms with van der Waals surface area (Å²) in [6.45, 7) is 2.25. The second kappa shape index (κ2) is 6.10. The summed E-state index contributed by atoms with van der Waals surface area (Å²) in [6, 6.07) is 6.04. The predicted octanol–water partition coefficient (Wildman–Crippen LogP) is 3.12. The standard InChI is InChI=1S/C14H19ClN2O/c1-10-12(15)7-4-8-13(10)16-9-14(18)17-11-5-2-3-6-11/h4,7-8,11,16H,2-3,5-6,9H2,1H3,(H,17,18). The van der Waals surface area contributed by atoms with Crippen LogP contribution in [-0.2, 0) is 4.79 Å². The largest absolute Gasteiger partial charge is 0.376 e. The van der Waals surface area contributed by atoms with Crippen molar-refractivity contribution in [1.82, 2.24) is 5.32 Å². The minimum Gasteiger partial charge on any atom is -0.376 e. The molecule has 1 aromatic rings. The van der Waals surface area contributed by atoms with Gasteiger partial charge in [0.2, 0.25) is 5.91 Å². The van der Waals surface area contributed by atoms with Gasteiger partial charge in [0.05, 0.1) is 6.54 Å². The Balaban J connectivity index is 1.83. The molecule has 0 aromatic heterocycles. The van der Waals surface area contributed by atoms with E-state index in [1.54, 1.807) is 0 Å². The van der Waals surface area contributed by atoms with Crippen LogP contribution < -0.4 is 10.6 Å². The molecular weight excluding hydrogens is 248 g/mol. The van der Waals surface area contributed by atoms with Crippen molar-refractivity contribution in [3.05, 3.63) is 28.8 Å². The van der Waals surface area contributed by atoms with Gasteiger partial charge in [-0.15, -0.1) is 0 Å². The lowest BCUT2D eigenvalue weighted by molar-refractivity contribution is -0.120. The Kier molecular flexibility index (Phi) is 4.48.